The SMILES string of the molecule is O=C(O)[C@@]1(C(=O)[C@H](O)C(O)Cc2ccccc2)OC1c1ccccc1. The van der Waals surface area contributed by atoms with E-state index in [9.17, 15) is 24.9 Å². The number of benzene rings is 2. The predicted octanol–water partition coefficient (Wildman–Crippen LogP) is 1.11. The first-order valence-corrected chi connectivity index (χ1v) is 7.87. The van der Waals surface area contributed by atoms with E-state index in [0.717, 1.165) is 5.56 Å². The van der Waals surface area contributed by atoms with Gasteiger partial charge in [0.1, 0.15) is 12.2 Å². The fourth-order valence-corrected chi connectivity index (χ4v) is 2.90. The Morgan fingerprint density at radius 1 is 1.00 bits per heavy atom. The Kier molecular flexibility index (Phi) is 4.67. The van der Waals surface area contributed by atoms with E-state index in [1.54, 1.807) is 60.7 Å². The van der Waals surface area contributed by atoms with Gasteiger partial charge in [-0.1, -0.05) is 60.7 Å². The van der Waals surface area contributed by atoms with Crippen LogP contribution in [-0.4, -0.2) is 44.9 Å². The maximum Gasteiger partial charge on any atom is 0.347 e. The highest BCUT2D eigenvalue weighted by Gasteiger charge is 2.70. The molecule has 3 N–H and O–H groups in total. The van der Waals surface area contributed by atoms with Crippen LogP contribution in [0, 0.1) is 0 Å². The normalized spacial score (nSPS) is 24.3. The maximum absolute atomic E-state index is 12.6. The fraction of sp³-hybridized carbons (Fsp3) is 0.263. The molecule has 4 atom stereocenters. The van der Waals surface area contributed by atoms with Crippen LogP contribution in [0.2, 0.25) is 0 Å². The summed E-state index contributed by atoms with van der Waals surface area (Å²) in [4.78, 5) is 24.2. The number of Topliss-reactive ketones (excluding diaryl/α,β-unsaturated/α-hetero) is 1. The smallest absolute Gasteiger partial charge is 0.347 e. The van der Waals surface area contributed by atoms with E-state index in [2.05, 4.69) is 0 Å². The third-order valence-electron chi connectivity index (χ3n) is 4.32. The molecule has 2 aromatic carbocycles. The van der Waals surface area contributed by atoms with Gasteiger partial charge in [0.05, 0.1) is 6.10 Å². The second kappa shape index (κ2) is 6.76. The van der Waals surface area contributed by atoms with Gasteiger partial charge < -0.3 is 20.1 Å². The summed E-state index contributed by atoms with van der Waals surface area (Å²) in [5, 5.41) is 29.8. The molecule has 0 bridgehead atoms. The Balaban J connectivity index is 1.77. The predicted molar refractivity (Wildman–Crippen MR) is 87.8 cm³/mol. The van der Waals surface area contributed by atoms with Gasteiger partial charge in [-0.2, -0.15) is 0 Å². The van der Waals surface area contributed by atoms with Crippen molar-refractivity contribution in [2.45, 2.75) is 30.3 Å². The molecule has 0 saturated carbocycles. The van der Waals surface area contributed by atoms with Gasteiger partial charge in [0.15, 0.2) is 0 Å². The summed E-state index contributed by atoms with van der Waals surface area (Å²) >= 11 is 0. The minimum Gasteiger partial charge on any atom is -0.479 e. The minimum absolute atomic E-state index is 0.0272. The number of epoxide rings is 1. The highest BCUT2D eigenvalue weighted by Crippen LogP contribution is 2.51. The summed E-state index contributed by atoms with van der Waals surface area (Å²) in [6, 6.07) is 17.3. The van der Waals surface area contributed by atoms with Crippen LogP contribution < -0.4 is 0 Å². The highest BCUT2D eigenvalue weighted by atomic mass is 16.6. The van der Waals surface area contributed by atoms with Crippen molar-refractivity contribution < 1.29 is 29.6 Å². The Morgan fingerprint density at radius 3 is 2.12 bits per heavy atom. The number of hydrogen-bond donors (Lipinski definition) is 3. The molecule has 1 saturated heterocycles. The molecule has 1 heterocycles. The van der Waals surface area contributed by atoms with Crippen molar-refractivity contribution in [1.82, 2.24) is 0 Å². The highest BCUT2D eigenvalue weighted by molar-refractivity contribution is 6.12. The van der Waals surface area contributed by atoms with Gasteiger partial charge in [-0.25, -0.2) is 4.79 Å². The number of aliphatic hydroxyl groups excluding tert-OH is 2. The molecule has 1 aliphatic rings. The number of carboxylic acid groups (broad SMARTS) is 1. The lowest BCUT2D eigenvalue weighted by Crippen LogP contribution is -2.47. The second-order valence-electron chi connectivity index (χ2n) is 6.02. The molecule has 130 valence electrons. The molecule has 0 aliphatic carbocycles. The molecule has 25 heavy (non-hydrogen) atoms. The molecule has 1 fully saturated rings. The molecule has 1 aliphatic heterocycles. The average Bonchev–Trinajstić information content (AvgIpc) is 3.39. The Labute approximate surface area is 144 Å². The molecule has 6 heteroatoms. The lowest BCUT2D eigenvalue weighted by Gasteiger charge is -2.19. The number of carbonyl (C=O) groups excluding carboxylic acids is 1. The third kappa shape index (κ3) is 3.19. The first-order valence-electron chi connectivity index (χ1n) is 7.87. The van der Waals surface area contributed by atoms with E-state index in [1.807, 2.05) is 0 Å². The van der Waals surface area contributed by atoms with Crippen LogP contribution in [0.1, 0.15) is 17.2 Å². The monoisotopic (exact) mass is 342 g/mol. The standard InChI is InChI=1S/C19H18O6/c20-14(11-12-7-3-1-4-8-12)15(21)16(22)19(18(23)24)17(25-19)13-9-5-2-6-10-13/h1-10,14-15,17,20-21H,11H2,(H,23,24)/t14?,15-,17?,19+/m1/s1. The molecule has 0 aromatic heterocycles. The molecule has 0 radical (unpaired) electrons. The van der Waals surface area contributed by atoms with Crippen molar-refractivity contribution in [2.75, 3.05) is 0 Å². The number of rotatable bonds is 7. The molecule has 2 aromatic rings. The first-order chi connectivity index (χ1) is 12.0. The summed E-state index contributed by atoms with van der Waals surface area (Å²) < 4.78 is 5.22. The van der Waals surface area contributed by atoms with Gasteiger partial charge in [0, 0.05) is 6.42 Å². The van der Waals surface area contributed by atoms with Crippen LogP contribution in [0.25, 0.3) is 0 Å². The maximum atomic E-state index is 12.6. The third-order valence-corrected chi connectivity index (χ3v) is 4.32. The molecule has 2 unspecified atom stereocenters. The Hall–Kier alpha value is -2.54. The number of hydrogen-bond acceptors (Lipinski definition) is 5. The largest absolute Gasteiger partial charge is 0.479 e. The zero-order chi connectivity index (χ0) is 18.0. The zero-order valence-electron chi connectivity index (χ0n) is 13.3. The van der Waals surface area contributed by atoms with Gasteiger partial charge in [-0.15, -0.1) is 0 Å². The van der Waals surface area contributed by atoms with Crippen LogP contribution in [0.5, 0.6) is 0 Å². The number of carbonyl (C=O) groups is 2. The van der Waals surface area contributed by atoms with Crippen LogP contribution in [-0.2, 0) is 20.7 Å². The number of ketones is 1. The first kappa shape index (κ1) is 17.3. The topological polar surface area (TPSA) is 107 Å². The second-order valence-corrected chi connectivity index (χ2v) is 6.02. The van der Waals surface area contributed by atoms with Crippen LogP contribution in [0.15, 0.2) is 60.7 Å². The Bertz CT molecular complexity index is 760. The zero-order valence-corrected chi connectivity index (χ0v) is 13.3. The summed E-state index contributed by atoms with van der Waals surface area (Å²) in [5.74, 6) is -2.52. The average molecular weight is 342 g/mol. The lowest BCUT2D eigenvalue weighted by atomic mass is 9.89. The van der Waals surface area contributed by atoms with E-state index >= 15 is 0 Å². The van der Waals surface area contributed by atoms with Crippen molar-refractivity contribution in [1.29, 1.82) is 0 Å². The lowest BCUT2D eigenvalue weighted by molar-refractivity contribution is -0.153. The van der Waals surface area contributed by atoms with Crippen molar-refractivity contribution in [3.05, 3.63) is 71.8 Å². The molecule has 0 spiro atoms. The van der Waals surface area contributed by atoms with Crippen molar-refractivity contribution >= 4 is 11.8 Å². The minimum atomic E-state index is -2.15. The van der Waals surface area contributed by atoms with E-state index in [1.165, 1.54) is 0 Å². The van der Waals surface area contributed by atoms with E-state index < -0.39 is 35.7 Å². The van der Waals surface area contributed by atoms with Crippen molar-refractivity contribution in [3.8, 4) is 0 Å². The number of ether oxygens (including phenoxy) is 1. The molecular formula is C19H18O6. The van der Waals surface area contributed by atoms with E-state index in [4.69, 9.17) is 4.74 Å². The number of aliphatic hydroxyl groups is 2. The molecule has 6 nitrogen and oxygen atoms in total. The van der Waals surface area contributed by atoms with Gasteiger partial charge in [0.2, 0.25) is 5.78 Å². The van der Waals surface area contributed by atoms with Crippen LogP contribution in [0.3, 0.4) is 0 Å². The number of aliphatic carboxylic acids is 1. The van der Waals surface area contributed by atoms with Gasteiger partial charge in [0.25, 0.3) is 5.60 Å². The molecular weight excluding hydrogens is 324 g/mol. The van der Waals surface area contributed by atoms with E-state index in [-0.39, 0.29) is 6.42 Å². The van der Waals surface area contributed by atoms with Crippen LogP contribution >= 0.6 is 0 Å². The molecule has 0 amide bonds. The Morgan fingerprint density at radius 2 is 1.56 bits per heavy atom. The quantitative estimate of drug-likeness (QED) is 0.514. The summed E-state index contributed by atoms with van der Waals surface area (Å²) in [6.45, 7) is 0. The van der Waals surface area contributed by atoms with Crippen molar-refractivity contribution in [2.24, 2.45) is 0 Å². The van der Waals surface area contributed by atoms with Crippen molar-refractivity contribution in [3.63, 3.8) is 0 Å². The summed E-state index contributed by atoms with van der Waals surface area (Å²) in [7, 11) is 0. The summed E-state index contributed by atoms with van der Waals surface area (Å²) in [6.07, 6.45) is -4.23. The van der Waals surface area contributed by atoms with Gasteiger partial charge in [-0.05, 0) is 11.1 Å². The van der Waals surface area contributed by atoms with Gasteiger partial charge >= 0.3 is 5.97 Å². The van der Waals surface area contributed by atoms with Gasteiger partial charge in [-0.3, -0.25) is 4.79 Å². The summed E-state index contributed by atoms with van der Waals surface area (Å²) in [5.41, 5.74) is -0.899. The number of carboxylic acids is 1. The fourth-order valence-electron chi connectivity index (χ4n) is 2.90. The molecule has 3 rings (SSSR count). The van der Waals surface area contributed by atoms with Crippen LogP contribution in [0.4, 0.5) is 0 Å². The van der Waals surface area contributed by atoms with E-state index in [0.29, 0.717) is 5.56 Å².